The molecule has 1 atom stereocenters. The van der Waals surface area contributed by atoms with Crippen molar-refractivity contribution in [2.45, 2.75) is 6.10 Å². The second-order valence-electron chi connectivity index (χ2n) is 3.98. The molecule has 17 heavy (non-hydrogen) atoms. The first-order valence-electron chi connectivity index (χ1n) is 5.45. The third-order valence-corrected chi connectivity index (χ3v) is 2.93. The van der Waals surface area contributed by atoms with E-state index in [4.69, 9.17) is 9.15 Å². The topological polar surface area (TPSA) is 34.4 Å². The van der Waals surface area contributed by atoms with Gasteiger partial charge in [-0.05, 0) is 6.07 Å². The molecule has 1 unspecified atom stereocenters. The fourth-order valence-electron chi connectivity index (χ4n) is 2.17. The maximum atomic E-state index is 13.9. The third-order valence-electron chi connectivity index (χ3n) is 2.93. The van der Waals surface area contributed by atoms with E-state index in [9.17, 15) is 8.78 Å². The average molecular weight is 239 g/mol. The Hall–Kier alpha value is -1.46. The highest BCUT2D eigenvalue weighted by molar-refractivity contribution is 5.82. The fraction of sp³-hybridized carbons (Fsp3) is 0.333. The summed E-state index contributed by atoms with van der Waals surface area (Å²) in [4.78, 5) is 0. The maximum Gasteiger partial charge on any atom is 0.170 e. The van der Waals surface area contributed by atoms with Crippen LogP contribution in [0.15, 0.2) is 22.8 Å². The molecule has 0 amide bonds. The van der Waals surface area contributed by atoms with Gasteiger partial charge in [-0.3, -0.25) is 0 Å². The monoisotopic (exact) mass is 239 g/mol. The molecule has 1 aliphatic heterocycles. The quantitative estimate of drug-likeness (QED) is 0.829. The molecule has 2 heterocycles. The van der Waals surface area contributed by atoms with Gasteiger partial charge < -0.3 is 14.5 Å². The SMILES string of the molecule is Fc1cc(F)c2occc2c1C1CNCCO1. The van der Waals surface area contributed by atoms with Crippen LogP contribution in [-0.4, -0.2) is 19.7 Å². The van der Waals surface area contributed by atoms with Crippen LogP contribution in [0.4, 0.5) is 8.78 Å². The minimum absolute atomic E-state index is 0.0792. The summed E-state index contributed by atoms with van der Waals surface area (Å²) >= 11 is 0. The Labute approximate surface area is 96.4 Å². The van der Waals surface area contributed by atoms with Crippen molar-refractivity contribution in [2.24, 2.45) is 0 Å². The van der Waals surface area contributed by atoms with Gasteiger partial charge in [0.15, 0.2) is 11.4 Å². The standard InChI is InChI=1S/C12H11F2NO2/c13-8-5-9(14)12-7(1-3-17-12)11(8)10-6-15-2-4-16-10/h1,3,5,10,15H,2,4,6H2. The largest absolute Gasteiger partial charge is 0.461 e. The molecule has 1 aliphatic rings. The second kappa shape index (κ2) is 4.09. The summed E-state index contributed by atoms with van der Waals surface area (Å²) < 4.78 is 37.8. The highest BCUT2D eigenvalue weighted by Gasteiger charge is 2.24. The summed E-state index contributed by atoms with van der Waals surface area (Å²) in [5, 5.41) is 3.56. The molecule has 0 spiro atoms. The van der Waals surface area contributed by atoms with Crippen LogP contribution in [0.2, 0.25) is 0 Å². The van der Waals surface area contributed by atoms with Crippen molar-refractivity contribution in [1.29, 1.82) is 0 Å². The number of ether oxygens (including phenoxy) is 1. The number of nitrogens with one attached hydrogen (secondary N) is 1. The van der Waals surface area contributed by atoms with Crippen molar-refractivity contribution in [1.82, 2.24) is 5.32 Å². The summed E-state index contributed by atoms with van der Waals surface area (Å²) in [6.45, 7) is 1.78. The molecule has 1 fully saturated rings. The number of halogens is 2. The van der Waals surface area contributed by atoms with Crippen LogP contribution < -0.4 is 5.32 Å². The van der Waals surface area contributed by atoms with E-state index in [1.807, 2.05) is 0 Å². The molecule has 0 radical (unpaired) electrons. The van der Waals surface area contributed by atoms with Gasteiger partial charge >= 0.3 is 0 Å². The first-order valence-corrected chi connectivity index (χ1v) is 5.45. The number of hydrogen-bond acceptors (Lipinski definition) is 3. The summed E-state index contributed by atoms with van der Waals surface area (Å²) in [6, 6.07) is 2.41. The summed E-state index contributed by atoms with van der Waals surface area (Å²) in [7, 11) is 0. The number of rotatable bonds is 1. The van der Waals surface area contributed by atoms with Crippen LogP contribution in [-0.2, 0) is 4.74 Å². The molecule has 1 aromatic heterocycles. The molecule has 2 aromatic rings. The molecule has 1 saturated heterocycles. The molecule has 5 heteroatoms. The van der Waals surface area contributed by atoms with Crippen molar-refractivity contribution in [3.8, 4) is 0 Å². The van der Waals surface area contributed by atoms with Gasteiger partial charge in [-0.25, -0.2) is 8.78 Å². The lowest BCUT2D eigenvalue weighted by molar-refractivity contribution is 0.0264. The molecule has 3 nitrogen and oxygen atoms in total. The van der Waals surface area contributed by atoms with Gasteiger partial charge in [0.1, 0.15) is 5.82 Å². The molecule has 0 aliphatic carbocycles. The van der Waals surface area contributed by atoms with Crippen LogP contribution in [0.1, 0.15) is 11.7 Å². The molecule has 0 bridgehead atoms. The first-order chi connectivity index (χ1) is 8.27. The Morgan fingerprint density at radius 3 is 2.94 bits per heavy atom. The predicted molar refractivity (Wildman–Crippen MR) is 57.7 cm³/mol. The summed E-state index contributed by atoms with van der Waals surface area (Å²) in [6.07, 6.45) is 0.955. The van der Waals surface area contributed by atoms with Crippen LogP contribution in [0.25, 0.3) is 11.0 Å². The van der Waals surface area contributed by atoms with Crippen molar-refractivity contribution in [3.63, 3.8) is 0 Å². The normalized spacial score (nSPS) is 20.9. The molecule has 1 N–H and O–H groups in total. The van der Waals surface area contributed by atoms with E-state index in [-0.39, 0.29) is 5.58 Å². The summed E-state index contributed by atoms with van der Waals surface area (Å²) in [5.41, 5.74) is 0.443. The lowest BCUT2D eigenvalue weighted by Gasteiger charge is -2.24. The van der Waals surface area contributed by atoms with Crippen molar-refractivity contribution >= 4 is 11.0 Å². The van der Waals surface area contributed by atoms with Gasteiger partial charge in [0.25, 0.3) is 0 Å². The summed E-state index contributed by atoms with van der Waals surface area (Å²) in [5.74, 6) is -1.28. The van der Waals surface area contributed by atoms with E-state index in [1.165, 1.54) is 6.26 Å². The minimum atomic E-state index is -0.685. The number of hydrogen-bond donors (Lipinski definition) is 1. The Balaban J connectivity index is 2.16. The number of morpholine rings is 1. The van der Waals surface area contributed by atoms with Gasteiger partial charge in [-0.1, -0.05) is 0 Å². The van der Waals surface area contributed by atoms with Crippen LogP contribution in [0.5, 0.6) is 0 Å². The molecule has 90 valence electrons. The molecule has 0 saturated carbocycles. The Morgan fingerprint density at radius 1 is 1.29 bits per heavy atom. The smallest absolute Gasteiger partial charge is 0.170 e. The van der Waals surface area contributed by atoms with Crippen molar-refractivity contribution < 1.29 is 17.9 Å². The van der Waals surface area contributed by atoms with E-state index >= 15 is 0 Å². The van der Waals surface area contributed by atoms with Crippen LogP contribution in [0.3, 0.4) is 0 Å². The molecule has 3 rings (SSSR count). The van der Waals surface area contributed by atoms with Crippen molar-refractivity contribution in [2.75, 3.05) is 19.7 Å². The zero-order chi connectivity index (χ0) is 11.8. The Bertz CT molecular complexity index is 547. The number of furan rings is 1. The predicted octanol–water partition coefficient (Wildman–Crippen LogP) is 2.37. The van der Waals surface area contributed by atoms with E-state index < -0.39 is 17.7 Å². The van der Waals surface area contributed by atoms with E-state index in [0.29, 0.717) is 24.1 Å². The lowest BCUT2D eigenvalue weighted by Crippen LogP contribution is -2.33. The molecular formula is C12H11F2NO2. The number of fused-ring (bicyclic) bond motifs is 1. The van der Waals surface area contributed by atoms with Gasteiger partial charge in [0.05, 0.1) is 19.0 Å². The van der Waals surface area contributed by atoms with Gasteiger partial charge in [-0.15, -0.1) is 0 Å². The maximum absolute atomic E-state index is 13.9. The third kappa shape index (κ3) is 1.71. The fourth-order valence-corrected chi connectivity index (χ4v) is 2.17. The number of benzene rings is 1. The second-order valence-corrected chi connectivity index (χ2v) is 3.98. The first kappa shape index (κ1) is 10.7. The van der Waals surface area contributed by atoms with Crippen molar-refractivity contribution in [3.05, 3.63) is 35.6 Å². The van der Waals surface area contributed by atoms with E-state index in [2.05, 4.69) is 5.32 Å². The van der Waals surface area contributed by atoms with E-state index in [1.54, 1.807) is 6.07 Å². The highest BCUT2D eigenvalue weighted by Crippen LogP contribution is 2.32. The Kier molecular flexibility index (Phi) is 2.57. The van der Waals surface area contributed by atoms with Crippen LogP contribution >= 0.6 is 0 Å². The minimum Gasteiger partial charge on any atom is -0.461 e. The molecule has 1 aromatic carbocycles. The zero-order valence-electron chi connectivity index (χ0n) is 9.00. The highest BCUT2D eigenvalue weighted by atomic mass is 19.1. The zero-order valence-corrected chi connectivity index (χ0v) is 9.00. The van der Waals surface area contributed by atoms with E-state index in [0.717, 1.165) is 12.6 Å². The van der Waals surface area contributed by atoms with Gasteiger partial charge in [-0.2, -0.15) is 0 Å². The molecular weight excluding hydrogens is 228 g/mol. The average Bonchev–Trinajstić information content (AvgIpc) is 2.79. The van der Waals surface area contributed by atoms with Gasteiger partial charge in [0, 0.05) is 30.1 Å². The lowest BCUT2D eigenvalue weighted by atomic mass is 10.0. The van der Waals surface area contributed by atoms with Gasteiger partial charge in [0.2, 0.25) is 0 Å². The Morgan fingerprint density at radius 2 is 2.18 bits per heavy atom. The van der Waals surface area contributed by atoms with Crippen LogP contribution in [0, 0.1) is 11.6 Å².